The Morgan fingerprint density at radius 1 is 1.07 bits per heavy atom. The lowest BCUT2D eigenvalue weighted by Gasteiger charge is -2.10. The molecule has 2 aromatic carbocycles. The van der Waals surface area contributed by atoms with E-state index >= 15 is 0 Å². The van der Waals surface area contributed by atoms with Crippen molar-refractivity contribution in [3.63, 3.8) is 0 Å². The van der Waals surface area contributed by atoms with Gasteiger partial charge in [-0.25, -0.2) is 0 Å². The third-order valence-electron chi connectivity index (χ3n) is 3.96. The lowest BCUT2D eigenvalue weighted by Crippen LogP contribution is -2.15. The Morgan fingerprint density at radius 3 is 2.55 bits per heavy atom. The number of carbonyl (C=O) groups excluding carboxylic acids is 1. The minimum Gasteiger partial charge on any atom is -0.368 e. The topological polar surface area (TPSA) is 106 Å². The minimum atomic E-state index is -0.152. The summed E-state index contributed by atoms with van der Waals surface area (Å²) in [7, 11) is 0. The molecule has 9 heteroatoms. The van der Waals surface area contributed by atoms with Crippen LogP contribution in [0.1, 0.15) is 18.3 Å². The fraction of sp³-hybridized carbons (Fsp3) is 0.200. The van der Waals surface area contributed by atoms with Crippen LogP contribution in [0, 0.1) is 0 Å². The molecule has 0 aliphatic rings. The van der Waals surface area contributed by atoms with Gasteiger partial charge < -0.3 is 16.4 Å². The van der Waals surface area contributed by atoms with Crippen LogP contribution in [-0.4, -0.2) is 26.6 Å². The van der Waals surface area contributed by atoms with Gasteiger partial charge >= 0.3 is 0 Å². The van der Waals surface area contributed by atoms with Crippen molar-refractivity contribution < 1.29 is 4.79 Å². The number of thioether (sulfide) groups is 1. The monoisotopic (exact) mass is 428 g/mol. The highest BCUT2D eigenvalue weighted by Crippen LogP contribution is 2.22. The third-order valence-corrected chi connectivity index (χ3v) is 5.21. The zero-order valence-electron chi connectivity index (χ0n) is 15.9. The van der Waals surface area contributed by atoms with E-state index in [1.165, 1.54) is 11.8 Å². The first-order chi connectivity index (χ1) is 14.0. The van der Waals surface area contributed by atoms with E-state index in [1.54, 1.807) is 12.1 Å². The lowest BCUT2D eigenvalue weighted by atomic mass is 10.1. The molecule has 0 aliphatic carbocycles. The van der Waals surface area contributed by atoms with Crippen LogP contribution in [-0.2, 0) is 17.0 Å². The molecule has 0 atom stereocenters. The number of para-hydroxylation sites is 2. The second-order valence-corrected chi connectivity index (χ2v) is 7.48. The summed E-state index contributed by atoms with van der Waals surface area (Å²) >= 11 is 7.43. The summed E-state index contributed by atoms with van der Waals surface area (Å²) in [4.78, 5) is 24.8. The number of aryl methyl sites for hydroxylation is 1. The number of carbonyl (C=O) groups is 1. The molecule has 0 radical (unpaired) electrons. The molecule has 1 heterocycles. The van der Waals surface area contributed by atoms with Crippen LogP contribution in [0.25, 0.3) is 0 Å². The number of benzene rings is 2. The first-order valence-electron chi connectivity index (χ1n) is 9.02. The summed E-state index contributed by atoms with van der Waals surface area (Å²) < 4.78 is 0. The number of halogens is 1. The predicted molar refractivity (Wildman–Crippen MR) is 120 cm³/mol. The van der Waals surface area contributed by atoms with Crippen LogP contribution < -0.4 is 16.4 Å². The fourth-order valence-electron chi connectivity index (χ4n) is 2.61. The van der Waals surface area contributed by atoms with Gasteiger partial charge in [-0.05, 0) is 30.2 Å². The van der Waals surface area contributed by atoms with Gasteiger partial charge in [0.1, 0.15) is 5.82 Å². The number of anilines is 4. The van der Waals surface area contributed by atoms with Crippen molar-refractivity contribution in [3.8, 4) is 0 Å². The Bertz CT molecular complexity index is 1000. The van der Waals surface area contributed by atoms with E-state index < -0.39 is 0 Å². The molecule has 3 rings (SSSR count). The standard InChI is InChI=1S/C20H21ClN6OS/c1-2-13-7-3-5-9-15(13)24-20-26-17(25-19(22)27-20)11-29-12-18(28)23-16-10-6-4-8-14(16)21/h3-10H,2,11-12H2,1H3,(H,23,28)(H3,22,24,25,26,27). The summed E-state index contributed by atoms with van der Waals surface area (Å²) in [5, 5.41) is 6.48. The average molecular weight is 429 g/mol. The highest BCUT2D eigenvalue weighted by atomic mass is 35.5. The van der Waals surface area contributed by atoms with E-state index in [9.17, 15) is 4.79 Å². The number of aromatic nitrogens is 3. The molecular formula is C20H21ClN6OS. The molecule has 1 amide bonds. The van der Waals surface area contributed by atoms with E-state index in [4.69, 9.17) is 17.3 Å². The summed E-state index contributed by atoms with van der Waals surface area (Å²) in [5.74, 6) is 1.53. The van der Waals surface area contributed by atoms with Crippen LogP contribution in [0.5, 0.6) is 0 Å². The Labute approximate surface area is 178 Å². The summed E-state index contributed by atoms with van der Waals surface area (Å²) in [5.41, 5.74) is 8.50. The van der Waals surface area contributed by atoms with Crippen molar-refractivity contribution in [2.75, 3.05) is 22.1 Å². The number of nitrogens with two attached hydrogens (primary N) is 1. The zero-order chi connectivity index (χ0) is 20.6. The van der Waals surface area contributed by atoms with Gasteiger partial charge in [0.2, 0.25) is 17.8 Å². The van der Waals surface area contributed by atoms with E-state index in [0.717, 1.165) is 17.7 Å². The number of amides is 1. The van der Waals surface area contributed by atoms with Crippen LogP contribution in [0.3, 0.4) is 0 Å². The van der Waals surface area contributed by atoms with E-state index in [0.29, 0.717) is 28.2 Å². The Balaban J connectivity index is 1.59. The SMILES string of the molecule is CCc1ccccc1Nc1nc(N)nc(CSCC(=O)Nc2ccccc2Cl)n1. The van der Waals surface area contributed by atoms with Gasteiger partial charge in [-0.1, -0.05) is 48.9 Å². The zero-order valence-corrected chi connectivity index (χ0v) is 17.4. The molecule has 0 unspecified atom stereocenters. The van der Waals surface area contributed by atoms with Crippen LogP contribution >= 0.6 is 23.4 Å². The van der Waals surface area contributed by atoms with Gasteiger partial charge in [0.15, 0.2) is 0 Å². The van der Waals surface area contributed by atoms with Gasteiger partial charge in [0, 0.05) is 5.69 Å². The molecule has 3 aromatic rings. The van der Waals surface area contributed by atoms with Crippen LogP contribution in [0.15, 0.2) is 48.5 Å². The van der Waals surface area contributed by atoms with Gasteiger partial charge in [-0.2, -0.15) is 15.0 Å². The van der Waals surface area contributed by atoms with Gasteiger partial charge in [0.05, 0.1) is 22.2 Å². The van der Waals surface area contributed by atoms with Gasteiger partial charge in [-0.3, -0.25) is 4.79 Å². The third kappa shape index (κ3) is 6.07. The second-order valence-electron chi connectivity index (χ2n) is 6.09. The Kier molecular flexibility index (Phi) is 7.26. The maximum atomic E-state index is 12.1. The number of hydrogen-bond donors (Lipinski definition) is 3. The number of hydrogen-bond acceptors (Lipinski definition) is 7. The minimum absolute atomic E-state index is 0.132. The number of nitrogen functional groups attached to an aromatic ring is 1. The van der Waals surface area contributed by atoms with Crippen molar-refractivity contribution >= 4 is 52.5 Å². The Hall–Kier alpha value is -2.84. The van der Waals surface area contributed by atoms with Crippen molar-refractivity contribution in [2.24, 2.45) is 0 Å². The normalized spacial score (nSPS) is 10.6. The van der Waals surface area contributed by atoms with Crippen LogP contribution in [0.4, 0.5) is 23.3 Å². The number of nitrogens with zero attached hydrogens (tertiary/aromatic N) is 3. The quantitative estimate of drug-likeness (QED) is 0.491. The van der Waals surface area contributed by atoms with Crippen molar-refractivity contribution in [1.29, 1.82) is 0 Å². The molecule has 150 valence electrons. The van der Waals surface area contributed by atoms with E-state index in [-0.39, 0.29) is 17.6 Å². The summed E-state index contributed by atoms with van der Waals surface area (Å²) in [6.45, 7) is 2.08. The molecule has 0 bridgehead atoms. The second kappa shape index (κ2) is 10.1. The van der Waals surface area contributed by atoms with E-state index in [2.05, 4.69) is 32.5 Å². The first-order valence-corrected chi connectivity index (χ1v) is 10.6. The maximum Gasteiger partial charge on any atom is 0.234 e. The fourth-order valence-corrected chi connectivity index (χ4v) is 3.47. The summed E-state index contributed by atoms with van der Waals surface area (Å²) in [6.07, 6.45) is 0.882. The van der Waals surface area contributed by atoms with Gasteiger partial charge in [0.25, 0.3) is 0 Å². The molecule has 1 aromatic heterocycles. The smallest absolute Gasteiger partial charge is 0.234 e. The molecule has 29 heavy (non-hydrogen) atoms. The molecule has 0 saturated carbocycles. The van der Waals surface area contributed by atoms with Crippen LogP contribution in [0.2, 0.25) is 5.02 Å². The number of rotatable bonds is 8. The first kappa shape index (κ1) is 20.9. The molecule has 0 fully saturated rings. The van der Waals surface area contributed by atoms with Crippen molar-refractivity contribution in [3.05, 3.63) is 64.9 Å². The molecule has 7 nitrogen and oxygen atoms in total. The predicted octanol–water partition coefficient (Wildman–Crippen LogP) is 4.29. The van der Waals surface area contributed by atoms with Crippen molar-refractivity contribution in [1.82, 2.24) is 15.0 Å². The largest absolute Gasteiger partial charge is 0.368 e. The highest BCUT2D eigenvalue weighted by molar-refractivity contribution is 7.99. The molecule has 4 N–H and O–H groups in total. The van der Waals surface area contributed by atoms with E-state index in [1.807, 2.05) is 36.4 Å². The molecule has 0 saturated heterocycles. The summed E-state index contributed by atoms with van der Waals surface area (Å²) in [6, 6.07) is 15.0. The highest BCUT2D eigenvalue weighted by Gasteiger charge is 2.09. The van der Waals surface area contributed by atoms with Crippen molar-refractivity contribution in [2.45, 2.75) is 19.1 Å². The lowest BCUT2D eigenvalue weighted by molar-refractivity contribution is -0.113. The molecule has 0 aliphatic heterocycles. The molecule has 0 spiro atoms. The average Bonchev–Trinajstić information content (AvgIpc) is 2.70. The van der Waals surface area contributed by atoms with Gasteiger partial charge in [-0.15, -0.1) is 11.8 Å². The maximum absolute atomic E-state index is 12.1. The number of nitrogens with one attached hydrogen (secondary N) is 2. The molecular weight excluding hydrogens is 408 g/mol. The Morgan fingerprint density at radius 2 is 1.79 bits per heavy atom.